The lowest BCUT2D eigenvalue weighted by molar-refractivity contribution is -0.333. The van der Waals surface area contributed by atoms with Crippen molar-refractivity contribution in [3.63, 3.8) is 0 Å². The quantitative estimate of drug-likeness (QED) is 0.140. The molecule has 2 rings (SSSR count). The van der Waals surface area contributed by atoms with Crippen LogP contribution in [-0.2, 0) is 27.8 Å². The number of rotatable bonds is 16. The van der Waals surface area contributed by atoms with E-state index in [1.807, 2.05) is 55.0 Å². The van der Waals surface area contributed by atoms with E-state index in [0.717, 1.165) is 12.8 Å². The molecule has 0 aromatic heterocycles. The van der Waals surface area contributed by atoms with Crippen LogP contribution in [0.1, 0.15) is 80.6 Å². The standard InChI is InChI=1S/C30H58N2O12Si/c1-22-15-28(3,4)43-30(7,41-22)11-9-12-31(26(37)39-19-24(35)17-33)21-32(27(38)40-20-25(36)18-34)13-10-14-45(8)42-23(2)16-29(5,6)44-45/h22-25,33-36H,9-21H2,1-8H3. The molecule has 0 aromatic rings. The molecule has 0 bridgehead atoms. The highest BCUT2D eigenvalue weighted by Gasteiger charge is 2.44. The van der Waals surface area contributed by atoms with E-state index in [-0.39, 0.29) is 43.2 Å². The number of carbonyl (C=O) groups excluding carboxylic acids is 2. The van der Waals surface area contributed by atoms with Crippen LogP contribution in [0.2, 0.25) is 12.6 Å². The zero-order chi connectivity index (χ0) is 34.1. The SMILES string of the molecule is CC1CC(C)(C)OC(C)(CCCN(CN(CCC[Si]2(C)OC(C)CC(C)(C)O2)C(=O)OCC(O)CO)C(=O)OCC(O)CO)O1. The Kier molecular flexibility index (Phi) is 15.0. The Bertz CT molecular complexity index is 871. The fraction of sp³-hybridized carbons (Fsp3) is 0.933. The molecule has 6 atom stereocenters. The molecule has 264 valence electrons. The summed E-state index contributed by atoms with van der Waals surface area (Å²) in [7, 11) is -2.57. The van der Waals surface area contributed by atoms with E-state index >= 15 is 0 Å². The van der Waals surface area contributed by atoms with Gasteiger partial charge in [-0.05, 0) is 80.3 Å². The Hall–Kier alpha value is -1.56. The van der Waals surface area contributed by atoms with Crippen molar-refractivity contribution in [2.45, 2.75) is 135 Å². The van der Waals surface area contributed by atoms with Gasteiger partial charge in [0.05, 0.1) is 30.5 Å². The predicted octanol–water partition coefficient (Wildman–Crippen LogP) is 2.69. The average Bonchev–Trinajstić information content (AvgIpc) is 2.89. The molecule has 0 saturated carbocycles. The second-order valence-corrected chi connectivity index (χ2v) is 17.2. The van der Waals surface area contributed by atoms with Gasteiger partial charge in [0, 0.05) is 32.0 Å². The summed E-state index contributed by atoms with van der Waals surface area (Å²) >= 11 is 0. The summed E-state index contributed by atoms with van der Waals surface area (Å²) in [6.07, 6.45) is -1.18. The first-order valence-corrected chi connectivity index (χ1v) is 18.5. The third-order valence-electron chi connectivity index (χ3n) is 7.64. The van der Waals surface area contributed by atoms with Gasteiger partial charge in [-0.15, -0.1) is 0 Å². The maximum absolute atomic E-state index is 13.2. The van der Waals surface area contributed by atoms with E-state index < -0.39 is 65.2 Å². The van der Waals surface area contributed by atoms with Crippen LogP contribution in [0, 0.1) is 0 Å². The molecule has 4 N–H and O–H groups in total. The van der Waals surface area contributed by atoms with E-state index in [2.05, 4.69) is 0 Å². The first kappa shape index (κ1) is 39.6. The molecule has 2 saturated heterocycles. The largest absolute Gasteiger partial charge is 0.447 e. The molecule has 15 heteroatoms. The Morgan fingerprint density at radius 2 is 1.38 bits per heavy atom. The fourth-order valence-electron chi connectivity index (χ4n) is 6.29. The van der Waals surface area contributed by atoms with Gasteiger partial charge in [0.25, 0.3) is 0 Å². The van der Waals surface area contributed by atoms with Crippen molar-refractivity contribution < 1.29 is 57.8 Å². The zero-order valence-corrected chi connectivity index (χ0v) is 29.5. The van der Waals surface area contributed by atoms with E-state index in [4.69, 9.17) is 27.8 Å². The van der Waals surface area contributed by atoms with Crippen LogP contribution in [0.15, 0.2) is 0 Å². The summed E-state index contributed by atoms with van der Waals surface area (Å²) in [5, 5.41) is 37.9. The number of amides is 2. The molecule has 45 heavy (non-hydrogen) atoms. The molecule has 0 aliphatic carbocycles. The van der Waals surface area contributed by atoms with Crippen molar-refractivity contribution in [2.24, 2.45) is 0 Å². The third kappa shape index (κ3) is 14.0. The number of hydrogen-bond donors (Lipinski definition) is 4. The minimum absolute atomic E-state index is 0.0181. The van der Waals surface area contributed by atoms with E-state index in [9.17, 15) is 30.0 Å². The first-order valence-electron chi connectivity index (χ1n) is 16.0. The van der Waals surface area contributed by atoms with Crippen molar-refractivity contribution in [3.8, 4) is 0 Å². The van der Waals surface area contributed by atoms with Crippen LogP contribution >= 0.6 is 0 Å². The van der Waals surface area contributed by atoms with Crippen molar-refractivity contribution >= 4 is 20.7 Å². The Morgan fingerprint density at radius 3 is 1.87 bits per heavy atom. The van der Waals surface area contributed by atoms with E-state index in [1.165, 1.54) is 9.80 Å². The summed E-state index contributed by atoms with van der Waals surface area (Å²) < 4.78 is 35.4. The highest BCUT2D eigenvalue weighted by atomic mass is 28.4. The summed E-state index contributed by atoms with van der Waals surface area (Å²) in [6.45, 7) is 14.1. The van der Waals surface area contributed by atoms with Crippen LogP contribution in [0.3, 0.4) is 0 Å². The monoisotopic (exact) mass is 666 g/mol. The molecular weight excluding hydrogens is 608 g/mol. The number of hydrogen-bond acceptors (Lipinski definition) is 12. The molecule has 0 spiro atoms. The smallest absolute Gasteiger partial charge is 0.411 e. The zero-order valence-electron chi connectivity index (χ0n) is 28.5. The van der Waals surface area contributed by atoms with Crippen molar-refractivity contribution in [1.82, 2.24) is 9.80 Å². The lowest BCUT2D eigenvalue weighted by atomic mass is 9.97. The average molecular weight is 667 g/mol. The lowest BCUT2D eigenvalue weighted by Crippen LogP contribution is -2.54. The maximum atomic E-state index is 13.2. The Balaban J connectivity index is 2.18. The number of nitrogens with zero attached hydrogens (tertiary/aromatic N) is 2. The van der Waals surface area contributed by atoms with Crippen LogP contribution in [0.25, 0.3) is 0 Å². The normalized spacial score (nSPS) is 29.0. The van der Waals surface area contributed by atoms with Crippen molar-refractivity contribution in [3.05, 3.63) is 0 Å². The summed E-state index contributed by atoms with van der Waals surface area (Å²) in [6, 6.07) is 0.581. The third-order valence-corrected chi connectivity index (χ3v) is 10.8. The van der Waals surface area contributed by atoms with E-state index in [0.29, 0.717) is 25.3 Å². The Labute approximate surface area is 269 Å². The summed E-state index contributed by atoms with van der Waals surface area (Å²) in [4.78, 5) is 29.0. The number of aliphatic hydroxyl groups excluding tert-OH is 4. The molecule has 0 aromatic carbocycles. The van der Waals surface area contributed by atoms with Gasteiger partial charge in [-0.1, -0.05) is 0 Å². The second-order valence-electron chi connectivity index (χ2n) is 14.0. The van der Waals surface area contributed by atoms with Gasteiger partial charge < -0.3 is 48.2 Å². The van der Waals surface area contributed by atoms with Crippen LogP contribution in [0.4, 0.5) is 9.59 Å². The summed E-state index contributed by atoms with van der Waals surface area (Å²) in [5.74, 6) is -0.881. The molecule has 2 heterocycles. The second kappa shape index (κ2) is 17.0. The van der Waals surface area contributed by atoms with Gasteiger partial charge in [-0.2, -0.15) is 0 Å². The van der Waals surface area contributed by atoms with Gasteiger partial charge >= 0.3 is 20.7 Å². The van der Waals surface area contributed by atoms with Crippen LogP contribution in [-0.4, -0.2) is 139 Å². The molecule has 2 amide bonds. The van der Waals surface area contributed by atoms with Crippen LogP contribution < -0.4 is 0 Å². The van der Waals surface area contributed by atoms with Crippen molar-refractivity contribution in [1.29, 1.82) is 0 Å². The molecule has 2 aliphatic rings. The minimum Gasteiger partial charge on any atom is -0.447 e. The lowest BCUT2D eigenvalue weighted by Gasteiger charge is -2.46. The molecule has 6 unspecified atom stereocenters. The predicted molar refractivity (Wildman–Crippen MR) is 166 cm³/mol. The molecule has 14 nitrogen and oxygen atoms in total. The maximum Gasteiger partial charge on any atom is 0.411 e. The fourth-order valence-corrected chi connectivity index (χ4v) is 9.54. The van der Waals surface area contributed by atoms with Gasteiger partial charge in [0.15, 0.2) is 5.79 Å². The number of aliphatic hydroxyl groups is 4. The first-order chi connectivity index (χ1) is 20.8. The van der Waals surface area contributed by atoms with Gasteiger partial charge in [-0.25, -0.2) is 9.59 Å². The minimum atomic E-state index is -2.57. The van der Waals surface area contributed by atoms with Crippen molar-refractivity contribution in [2.75, 3.05) is 46.2 Å². The Morgan fingerprint density at radius 1 is 0.867 bits per heavy atom. The molecule has 2 aliphatic heterocycles. The van der Waals surface area contributed by atoms with Gasteiger partial charge in [-0.3, -0.25) is 9.80 Å². The number of carbonyl (C=O) groups is 2. The topological polar surface area (TPSA) is 177 Å². The molecule has 2 fully saturated rings. The number of ether oxygens (including phenoxy) is 4. The van der Waals surface area contributed by atoms with Gasteiger partial charge in [0.2, 0.25) is 0 Å². The highest BCUT2D eigenvalue weighted by Crippen LogP contribution is 2.37. The van der Waals surface area contributed by atoms with E-state index in [1.54, 1.807) is 0 Å². The molecule has 0 radical (unpaired) electrons. The van der Waals surface area contributed by atoms with Crippen LogP contribution in [0.5, 0.6) is 0 Å². The van der Waals surface area contributed by atoms with Gasteiger partial charge in [0.1, 0.15) is 32.1 Å². The highest BCUT2D eigenvalue weighted by molar-refractivity contribution is 6.66. The summed E-state index contributed by atoms with van der Waals surface area (Å²) in [5.41, 5.74) is -0.712. The molecular formula is C30H58N2O12Si.